The Bertz CT molecular complexity index is 367. The summed E-state index contributed by atoms with van der Waals surface area (Å²) in [5.74, 6) is 0.591. The largest absolute Gasteiger partial charge is 0.387 e. The second-order valence-electron chi connectivity index (χ2n) is 5.56. The average Bonchev–Trinajstić information content (AvgIpc) is 2.36. The molecule has 1 aromatic carbocycles. The van der Waals surface area contributed by atoms with Gasteiger partial charge in [-0.3, -0.25) is 0 Å². The molecule has 0 saturated heterocycles. The zero-order chi connectivity index (χ0) is 13.8. The van der Waals surface area contributed by atoms with E-state index in [1.807, 2.05) is 32.0 Å². The zero-order valence-electron chi connectivity index (χ0n) is 12.0. The summed E-state index contributed by atoms with van der Waals surface area (Å²) in [5.41, 5.74) is 1.02. The Labute approximate surface area is 111 Å². The molecule has 2 N–H and O–H groups in total. The van der Waals surface area contributed by atoms with Crippen LogP contribution in [0.25, 0.3) is 0 Å². The predicted octanol–water partition coefficient (Wildman–Crippen LogP) is 3.47. The molecule has 2 nitrogen and oxygen atoms in total. The molecule has 0 aliphatic carbocycles. The Hall–Kier alpha value is -0.860. The van der Waals surface area contributed by atoms with E-state index in [2.05, 4.69) is 19.9 Å². The molecule has 0 aromatic heterocycles. The Morgan fingerprint density at radius 1 is 1.17 bits per heavy atom. The van der Waals surface area contributed by atoms with Gasteiger partial charge in [-0.15, -0.1) is 0 Å². The lowest BCUT2D eigenvalue weighted by atomic mass is 9.85. The minimum Gasteiger partial charge on any atom is -0.387 e. The van der Waals surface area contributed by atoms with E-state index >= 15 is 0 Å². The average molecular weight is 250 g/mol. The van der Waals surface area contributed by atoms with Gasteiger partial charge in [-0.2, -0.15) is 0 Å². The topological polar surface area (TPSA) is 40.5 Å². The molecular weight excluding hydrogens is 224 g/mol. The molecule has 0 amide bonds. The fourth-order valence-electron chi connectivity index (χ4n) is 2.31. The van der Waals surface area contributed by atoms with E-state index in [4.69, 9.17) is 0 Å². The van der Waals surface area contributed by atoms with E-state index in [9.17, 15) is 10.2 Å². The predicted molar refractivity (Wildman–Crippen MR) is 75.5 cm³/mol. The number of benzene rings is 1. The fraction of sp³-hybridized carbons (Fsp3) is 0.625. The second-order valence-corrected chi connectivity index (χ2v) is 5.56. The standard InChI is InChI=1S/C16H26O2/c1-5-16(18,6-2)15(17)14-9-7-8-13(11-14)10-12(3)4/h7-9,11-12,15,17-18H,5-6,10H2,1-4H3. The number of aliphatic hydroxyl groups is 2. The van der Waals surface area contributed by atoms with E-state index < -0.39 is 11.7 Å². The van der Waals surface area contributed by atoms with Crippen molar-refractivity contribution < 1.29 is 10.2 Å². The highest BCUT2D eigenvalue weighted by molar-refractivity contribution is 5.27. The van der Waals surface area contributed by atoms with Crippen LogP contribution in [0.5, 0.6) is 0 Å². The van der Waals surface area contributed by atoms with Crippen molar-refractivity contribution in [2.45, 2.75) is 58.7 Å². The monoisotopic (exact) mass is 250 g/mol. The number of rotatable bonds is 6. The third kappa shape index (κ3) is 3.56. The Balaban J connectivity index is 2.95. The van der Waals surface area contributed by atoms with Crippen LogP contribution in [-0.2, 0) is 6.42 Å². The van der Waals surface area contributed by atoms with Crippen LogP contribution < -0.4 is 0 Å². The number of hydrogen-bond acceptors (Lipinski definition) is 2. The quantitative estimate of drug-likeness (QED) is 0.811. The van der Waals surface area contributed by atoms with Gasteiger partial charge >= 0.3 is 0 Å². The maximum absolute atomic E-state index is 10.4. The van der Waals surface area contributed by atoms with Crippen LogP contribution in [0.15, 0.2) is 24.3 Å². The lowest BCUT2D eigenvalue weighted by Crippen LogP contribution is -2.34. The molecule has 0 aliphatic heterocycles. The van der Waals surface area contributed by atoms with E-state index in [0.29, 0.717) is 18.8 Å². The molecule has 18 heavy (non-hydrogen) atoms. The highest BCUT2D eigenvalue weighted by Gasteiger charge is 2.32. The first kappa shape index (κ1) is 15.2. The Kier molecular flexibility index (Phi) is 5.36. The van der Waals surface area contributed by atoms with Crippen LogP contribution in [0, 0.1) is 5.92 Å². The van der Waals surface area contributed by atoms with Gasteiger partial charge in [0.2, 0.25) is 0 Å². The third-order valence-electron chi connectivity index (χ3n) is 3.64. The summed E-state index contributed by atoms with van der Waals surface area (Å²) in [7, 11) is 0. The van der Waals surface area contributed by atoms with Crippen LogP contribution >= 0.6 is 0 Å². The molecule has 1 atom stereocenters. The van der Waals surface area contributed by atoms with Crippen molar-refractivity contribution in [2.75, 3.05) is 0 Å². The summed E-state index contributed by atoms with van der Waals surface area (Å²) in [4.78, 5) is 0. The normalized spacial score (nSPS) is 13.9. The number of aliphatic hydroxyl groups excluding tert-OH is 1. The lowest BCUT2D eigenvalue weighted by Gasteiger charge is -2.31. The van der Waals surface area contributed by atoms with Crippen LogP contribution in [0.4, 0.5) is 0 Å². The van der Waals surface area contributed by atoms with Crippen molar-refractivity contribution in [1.82, 2.24) is 0 Å². The van der Waals surface area contributed by atoms with Crippen molar-refractivity contribution in [3.8, 4) is 0 Å². The minimum absolute atomic E-state index is 0.555. The maximum atomic E-state index is 10.4. The molecule has 1 unspecified atom stereocenters. The van der Waals surface area contributed by atoms with Crippen molar-refractivity contribution in [3.63, 3.8) is 0 Å². The van der Waals surface area contributed by atoms with Crippen LogP contribution in [-0.4, -0.2) is 15.8 Å². The van der Waals surface area contributed by atoms with Gasteiger partial charge in [-0.25, -0.2) is 0 Å². The fourth-order valence-corrected chi connectivity index (χ4v) is 2.31. The summed E-state index contributed by atoms with van der Waals surface area (Å²) in [6.45, 7) is 8.17. The van der Waals surface area contributed by atoms with Gasteiger partial charge in [0.25, 0.3) is 0 Å². The molecule has 1 aromatic rings. The maximum Gasteiger partial charge on any atom is 0.108 e. The van der Waals surface area contributed by atoms with Gasteiger partial charge in [0.1, 0.15) is 6.10 Å². The van der Waals surface area contributed by atoms with Crippen LogP contribution in [0.3, 0.4) is 0 Å². The molecule has 2 heteroatoms. The SMILES string of the molecule is CCC(O)(CC)C(O)c1cccc(CC(C)C)c1. The van der Waals surface area contributed by atoms with Crippen molar-refractivity contribution in [2.24, 2.45) is 5.92 Å². The number of hydrogen-bond donors (Lipinski definition) is 2. The van der Waals surface area contributed by atoms with Gasteiger partial charge < -0.3 is 10.2 Å². The highest BCUT2D eigenvalue weighted by atomic mass is 16.3. The van der Waals surface area contributed by atoms with Gasteiger partial charge in [0, 0.05) is 0 Å². The third-order valence-corrected chi connectivity index (χ3v) is 3.64. The van der Waals surface area contributed by atoms with Crippen LogP contribution in [0.2, 0.25) is 0 Å². The molecule has 0 fully saturated rings. The Morgan fingerprint density at radius 3 is 2.28 bits per heavy atom. The molecular formula is C16H26O2. The van der Waals surface area contributed by atoms with Crippen molar-refractivity contribution in [3.05, 3.63) is 35.4 Å². The molecule has 0 saturated carbocycles. The first-order chi connectivity index (χ1) is 8.42. The van der Waals surface area contributed by atoms with Crippen LogP contribution in [0.1, 0.15) is 57.8 Å². The van der Waals surface area contributed by atoms with Crippen molar-refractivity contribution >= 4 is 0 Å². The van der Waals surface area contributed by atoms with Gasteiger partial charge in [-0.05, 0) is 36.3 Å². The molecule has 0 radical (unpaired) electrons. The van der Waals surface area contributed by atoms with E-state index in [0.717, 1.165) is 12.0 Å². The zero-order valence-corrected chi connectivity index (χ0v) is 12.0. The molecule has 0 bridgehead atoms. The summed E-state index contributed by atoms with van der Waals surface area (Å²) in [6.07, 6.45) is 1.30. The molecule has 1 rings (SSSR count). The summed E-state index contributed by atoms with van der Waals surface area (Å²) in [5, 5.41) is 20.7. The molecule has 0 heterocycles. The minimum atomic E-state index is -1.02. The first-order valence-electron chi connectivity index (χ1n) is 6.92. The van der Waals surface area contributed by atoms with E-state index in [1.54, 1.807) is 0 Å². The first-order valence-corrected chi connectivity index (χ1v) is 6.92. The van der Waals surface area contributed by atoms with E-state index in [1.165, 1.54) is 5.56 Å². The van der Waals surface area contributed by atoms with Crippen molar-refractivity contribution in [1.29, 1.82) is 0 Å². The van der Waals surface area contributed by atoms with E-state index in [-0.39, 0.29) is 0 Å². The van der Waals surface area contributed by atoms with Gasteiger partial charge in [0.05, 0.1) is 5.60 Å². The lowest BCUT2D eigenvalue weighted by molar-refractivity contribution is -0.0821. The summed E-state index contributed by atoms with van der Waals surface area (Å²) in [6, 6.07) is 7.95. The van der Waals surface area contributed by atoms with Gasteiger partial charge in [0.15, 0.2) is 0 Å². The van der Waals surface area contributed by atoms with Gasteiger partial charge in [-0.1, -0.05) is 52.0 Å². The highest BCUT2D eigenvalue weighted by Crippen LogP contribution is 2.32. The Morgan fingerprint density at radius 2 is 1.78 bits per heavy atom. The summed E-state index contributed by atoms with van der Waals surface area (Å²) >= 11 is 0. The molecule has 102 valence electrons. The molecule has 0 aliphatic rings. The summed E-state index contributed by atoms with van der Waals surface area (Å²) < 4.78 is 0. The smallest absolute Gasteiger partial charge is 0.108 e. The second kappa shape index (κ2) is 6.35. The molecule has 0 spiro atoms.